The molecule has 1 fully saturated rings. The van der Waals surface area contributed by atoms with Crippen LogP contribution in [0.3, 0.4) is 0 Å². The van der Waals surface area contributed by atoms with Crippen molar-refractivity contribution in [2.75, 3.05) is 25.4 Å². The van der Waals surface area contributed by atoms with Crippen molar-refractivity contribution < 1.29 is 9.72 Å². The molecular weight excluding hydrogens is 296 g/mol. The van der Waals surface area contributed by atoms with Crippen molar-refractivity contribution in [2.24, 2.45) is 11.7 Å². The summed E-state index contributed by atoms with van der Waals surface area (Å²) in [6.07, 6.45) is 1.90. The van der Waals surface area contributed by atoms with Crippen LogP contribution in [0.5, 0.6) is 0 Å². The van der Waals surface area contributed by atoms with E-state index in [-0.39, 0.29) is 41.2 Å². The minimum Gasteiger partial charge on any atom is -0.398 e. The van der Waals surface area contributed by atoms with Gasteiger partial charge in [-0.1, -0.05) is 0 Å². The van der Waals surface area contributed by atoms with E-state index in [2.05, 4.69) is 0 Å². The highest BCUT2D eigenvalue weighted by Gasteiger charge is 2.26. The van der Waals surface area contributed by atoms with Crippen molar-refractivity contribution in [3.63, 3.8) is 0 Å². The lowest BCUT2D eigenvalue weighted by atomic mass is 9.97. The number of hydrogen-bond acceptors (Lipinski definition) is 5. The Hall–Kier alpha value is -1.86. The van der Waals surface area contributed by atoms with Crippen LogP contribution in [0.15, 0.2) is 18.2 Å². The van der Waals surface area contributed by atoms with Gasteiger partial charge in [0.05, 0.1) is 10.5 Å². The van der Waals surface area contributed by atoms with Gasteiger partial charge in [-0.2, -0.15) is 0 Å². The molecule has 2 rings (SSSR count). The number of nitrogens with two attached hydrogens (primary N) is 2. The molecule has 4 N–H and O–H groups in total. The molecule has 1 atom stereocenters. The molecule has 8 heteroatoms. The molecule has 0 spiro atoms. The molecule has 1 aliphatic heterocycles. The first-order chi connectivity index (χ1) is 9.52. The van der Waals surface area contributed by atoms with Crippen molar-refractivity contribution in [1.82, 2.24) is 4.90 Å². The van der Waals surface area contributed by atoms with Crippen LogP contribution in [0, 0.1) is 16.0 Å². The molecule has 7 nitrogen and oxygen atoms in total. The highest BCUT2D eigenvalue weighted by molar-refractivity contribution is 5.99. The molecule has 0 aromatic heterocycles. The van der Waals surface area contributed by atoms with Gasteiger partial charge in [-0.25, -0.2) is 0 Å². The van der Waals surface area contributed by atoms with Crippen LogP contribution >= 0.6 is 12.4 Å². The number of benzene rings is 1. The van der Waals surface area contributed by atoms with Gasteiger partial charge in [0, 0.05) is 30.9 Å². The summed E-state index contributed by atoms with van der Waals surface area (Å²) in [5.74, 6) is 0.0250. The molecule has 0 radical (unpaired) electrons. The summed E-state index contributed by atoms with van der Waals surface area (Å²) in [4.78, 5) is 24.4. The highest BCUT2D eigenvalue weighted by Crippen LogP contribution is 2.24. The Bertz CT molecular complexity index is 538. The molecule has 0 aliphatic carbocycles. The normalized spacial score (nSPS) is 18.0. The van der Waals surface area contributed by atoms with Gasteiger partial charge in [-0.3, -0.25) is 14.9 Å². The van der Waals surface area contributed by atoms with Crippen LogP contribution in [0.4, 0.5) is 11.4 Å². The molecular formula is C13H19ClN4O3. The van der Waals surface area contributed by atoms with Crippen molar-refractivity contribution >= 4 is 29.7 Å². The van der Waals surface area contributed by atoms with E-state index in [9.17, 15) is 14.9 Å². The van der Waals surface area contributed by atoms with E-state index >= 15 is 0 Å². The quantitative estimate of drug-likeness (QED) is 0.497. The Morgan fingerprint density at radius 3 is 2.81 bits per heavy atom. The fourth-order valence-electron chi connectivity index (χ4n) is 2.46. The SMILES string of the molecule is Cl.NCC1CCCN(C(=O)c2cc([N+](=O)[O-])ccc2N)C1. The number of likely N-dealkylation sites (tertiary alicyclic amines) is 1. The number of hydrogen-bond donors (Lipinski definition) is 2. The van der Waals surface area contributed by atoms with Crippen molar-refractivity contribution in [3.05, 3.63) is 33.9 Å². The molecule has 1 amide bonds. The molecule has 1 aromatic rings. The average Bonchev–Trinajstić information content (AvgIpc) is 2.46. The Morgan fingerprint density at radius 2 is 2.19 bits per heavy atom. The molecule has 0 bridgehead atoms. The lowest BCUT2D eigenvalue weighted by Crippen LogP contribution is -2.42. The maximum absolute atomic E-state index is 12.4. The van der Waals surface area contributed by atoms with Crippen molar-refractivity contribution in [2.45, 2.75) is 12.8 Å². The predicted molar refractivity (Wildman–Crippen MR) is 82.4 cm³/mol. The fourth-order valence-corrected chi connectivity index (χ4v) is 2.46. The summed E-state index contributed by atoms with van der Waals surface area (Å²) in [5, 5.41) is 10.8. The van der Waals surface area contributed by atoms with E-state index in [1.165, 1.54) is 18.2 Å². The molecule has 1 aliphatic rings. The average molecular weight is 315 g/mol. The molecule has 1 heterocycles. The van der Waals surface area contributed by atoms with Crippen LogP contribution < -0.4 is 11.5 Å². The summed E-state index contributed by atoms with van der Waals surface area (Å²) in [7, 11) is 0. The van der Waals surface area contributed by atoms with E-state index in [1.807, 2.05) is 0 Å². The second-order valence-electron chi connectivity index (χ2n) is 5.02. The molecule has 116 valence electrons. The number of carbonyl (C=O) groups is 1. The predicted octanol–water partition coefficient (Wildman–Crippen LogP) is 1.41. The van der Waals surface area contributed by atoms with Gasteiger partial charge in [-0.15, -0.1) is 12.4 Å². The van der Waals surface area contributed by atoms with E-state index in [0.29, 0.717) is 19.6 Å². The minimum atomic E-state index is -0.533. The Balaban J connectivity index is 0.00000220. The van der Waals surface area contributed by atoms with Gasteiger partial charge in [-0.05, 0) is 31.4 Å². The number of piperidine rings is 1. The zero-order valence-corrected chi connectivity index (χ0v) is 12.3. The zero-order chi connectivity index (χ0) is 14.7. The standard InChI is InChI=1S/C13H18N4O3.ClH/c14-7-9-2-1-5-16(8-9)13(18)11-6-10(17(19)20)3-4-12(11)15;/h3-4,6,9H,1-2,5,7-8,14-15H2;1H. The number of amides is 1. The van der Waals surface area contributed by atoms with E-state index in [4.69, 9.17) is 11.5 Å². The van der Waals surface area contributed by atoms with Crippen LogP contribution in [0.25, 0.3) is 0 Å². The number of nitrogen functional groups attached to an aromatic ring is 1. The molecule has 1 saturated heterocycles. The Labute approximate surface area is 128 Å². The number of carbonyl (C=O) groups excluding carboxylic acids is 1. The van der Waals surface area contributed by atoms with Crippen molar-refractivity contribution in [3.8, 4) is 0 Å². The first-order valence-corrected chi connectivity index (χ1v) is 6.56. The first kappa shape index (κ1) is 17.2. The maximum Gasteiger partial charge on any atom is 0.270 e. The minimum absolute atomic E-state index is 0. The van der Waals surface area contributed by atoms with Gasteiger partial charge < -0.3 is 16.4 Å². The van der Waals surface area contributed by atoms with Gasteiger partial charge >= 0.3 is 0 Å². The maximum atomic E-state index is 12.4. The number of anilines is 1. The van der Waals surface area contributed by atoms with Gasteiger partial charge in [0.1, 0.15) is 0 Å². The topological polar surface area (TPSA) is 115 Å². The Kier molecular flexibility index (Phi) is 5.92. The summed E-state index contributed by atoms with van der Waals surface area (Å²) >= 11 is 0. The van der Waals surface area contributed by atoms with E-state index in [0.717, 1.165) is 12.8 Å². The Morgan fingerprint density at radius 1 is 1.48 bits per heavy atom. The third-order valence-corrected chi connectivity index (χ3v) is 3.62. The largest absolute Gasteiger partial charge is 0.398 e. The number of rotatable bonds is 3. The second-order valence-corrected chi connectivity index (χ2v) is 5.02. The second kappa shape index (κ2) is 7.24. The summed E-state index contributed by atoms with van der Waals surface area (Å²) in [5.41, 5.74) is 11.7. The van der Waals surface area contributed by atoms with Gasteiger partial charge in [0.2, 0.25) is 0 Å². The van der Waals surface area contributed by atoms with Gasteiger partial charge in [0.15, 0.2) is 0 Å². The van der Waals surface area contributed by atoms with Crippen LogP contribution in [-0.4, -0.2) is 35.4 Å². The highest BCUT2D eigenvalue weighted by atomic mass is 35.5. The summed E-state index contributed by atoms with van der Waals surface area (Å²) < 4.78 is 0. The number of halogens is 1. The lowest BCUT2D eigenvalue weighted by Gasteiger charge is -2.32. The monoisotopic (exact) mass is 314 g/mol. The third-order valence-electron chi connectivity index (χ3n) is 3.62. The van der Waals surface area contributed by atoms with Crippen molar-refractivity contribution in [1.29, 1.82) is 0 Å². The molecule has 1 aromatic carbocycles. The van der Waals surface area contributed by atoms with Crippen LogP contribution in [0.1, 0.15) is 23.2 Å². The zero-order valence-electron chi connectivity index (χ0n) is 11.5. The number of nitro benzene ring substituents is 1. The van der Waals surface area contributed by atoms with E-state index < -0.39 is 4.92 Å². The summed E-state index contributed by atoms with van der Waals surface area (Å²) in [6, 6.07) is 3.93. The fraction of sp³-hybridized carbons (Fsp3) is 0.462. The summed E-state index contributed by atoms with van der Waals surface area (Å²) in [6.45, 7) is 1.75. The third kappa shape index (κ3) is 3.83. The smallest absolute Gasteiger partial charge is 0.270 e. The molecule has 1 unspecified atom stereocenters. The lowest BCUT2D eigenvalue weighted by molar-refractivity contribution is -0.384. The number of nitro groups is 1. The number of nitrogens with zero attached hydrogens (tertiary/aromatic N) is 2. The first-order valence-electron chi connectivity index (χ1n) is 6.56. The number of non-ortho nitro benzene ring substituents is 1. The van der Waals surface area contributed by atoms with Crippen LogP contribution in [-0.2, 0) is 0 Å². The molecule has 21 heavy (non-hydrogen) atoms. The molecule has 0 saturated carbocycles. The van der Waals surface area contributed by atoms with E-state index in [1.54, 1.807) is 4.90 Å². The van der Waals surface area contributed by atoms with Crippen LogP contribution in [0.2, 0.25) is 0 Å². The van der Waals surface area contributed by atoms with Gasteiger partial charge in [0.25, 0.3) is 11.6 Å².